The lowest BCUT2D eigenvalue weighted by Crippen LogP contribution is -2.26. The van der Waals surface area contributed by atoms with Gasteiger partial charge in [-0.25, -0.2) is 0 Å². The molecule has 1 aliphatic rings. The van der Waals surface area contributed by atoms with E-state index in [1.807, 2.05) is 36.1 Å². The molecule has 0 atom stereocenters. The lowest BCUT2D eigenvalue weighted by atomic mass is 10.0. The molecule has 5 nitrogen and oxygen atoms in total. The molecule has 0 aromatic heterocycles. The third kappa shape index (κ3) is 3.42. The molecule has 1 heterocycles. The van der Waals surface area contributed by atoms with E-state index in [1.54, 1.807) is 24.9 Å². The van der Waals surface area contributed by atoms with Crippen molar-refractivity contribution in [3.05, 3.63) is 46.5 Å². The Bertz CT molecular complexity index is 919. The Morgan fingerprint density at radius 2 is 1.88 bits per heavy atom. The Balaban J connectivity index is 2.06. The topological polar surface area (TPSA) is 55.8 Å². The number of rotatable bonds is 5. The van der Waals surface area contributed by atoms with Crippen molar-refractivity contribution >= 4 is 34.3 Å². The first kappa shape index (κ1) is 18.3. The van der Waals surface area contributed by atoms with Gasteiger partial charge in [0.25, 0.3) is 0 Å². The van der Waals surface area contributed by atoms with Gasteiger partial charge >= 0.3 is 5.97 Å². The second-order valence-electron chi connectivity index (χ2n) is 6.13. The van der Waals surface area contributed by atoms with Gasteiger partial charge < -0.3 is 14.4 Å². The van der Waals surface area contributed by atoms with Crippen molar-refractivity contribution in [3.63, 3.8) is 0 Å². The SMILES string of the molecule is COc1c(C(=O)CN2CSC(C)=C2C)cc(OC(C)=O)c2ccccc12. The summed E-state index contributed by atoms with van der Waals surface area (Å²) in [4.78, 5) is 27.8. The minimum Gasteiger partial charge on any atom is -0.495 e. The molecule has 0 aliphatic carbocycles. The average molecular weight is 371 g/mol. The van der Waals surface area contributed by atoms with Crippen LogP contribution in [0.1, 0.15) is 31.1 Å². The highest BCUT2D eigenvalue weighted by atomic mass is 32.2. The van der Waals surface area contributed by atoms with Gasteiger partial charge in [0, 0.05) is 28.3 Å². The number of allylic oxidation sites excluding steroid dienone is 2. The number of thioether (sulfide) groups is 1. The van der Waals surface area contributed by atoms with E-state index in [0.29, 0.717) is 17.1 Å². The van der Waals surface area contributed by atoms with Crippen molar-refractivity contribution in [3.8, 4) is 11.5 Å². The lowest BCUT2D eigenvalue weighted by molar-refractivity contribution is -0.131. The maximum absolute atomic E-state index is 13.0. The molecule has 0 saturated carbocycles. The van der Waals surface area contributed by atoms with E-state index in [2.05, 4.69) is 6.92 Å². The van der Waals surface area contributed by atoms with E-state index < -0.39 is 5.97 Å². The van der Waals surface area contributed by atoms with E-state index >= 15 is 0 Å². The molecule has 3 rings (SSSR count). The molecule has 0 saturated heterocycles. The van der Waals surface area contributed by atoms with Gasteiger partial charge in [0.15, 0.2) is 5.78 Å². The Morgan fingerprint density at radius 3 is 2.46 bits per heavy atom. The molecule has 0 bridgehead atoms. The van der Waals surface area contributed by atoms with Gasteiger partial charge in [-0.15, -0.1) is 11.8 Å². The number of hydrogen-bond acceptors (Lipinski definition) is 6. The zero-order valence-corrected chi connectivity index (χ0v) is 16.1. The number of nitrogens with zero attached hydrogens (tertiary/aromatic N) is 1. The summed E-state index contributed by atoms with van der Waals surface area (Å²) in [6.45, 7) is 5.67. The summed E-state index contributed by atoms with van der Waals surface area (Å²) in [6.07, 6.45) is 0. The first-order valence-electron chi connectivity index (χ1n) is 8.29. The number of fused-ring (bicyclic) bond motifs is 1. The number of carbonyl (C=O) groups is 2. The number of ketones is 1. The zero-order valence-electron chi connectivity index (χ0n) is 15.3. The highest BCUT2D eigenvalue weighted by Crippen LogP contribution is 2.38. The monoisotopic (exact) mass is 371 g/mol. The van der Waals surface area contributed by atoms with Crippen LogP contribution in [0.4, 0.5) is 0 Å². The van der Waals surface area contributed by atoms with Gasteiger partial charge in [-0.1, -0.05) is 24.3 Å². The number of methoxy groups -OCH3 is 1. The normalized spacial score (nSPS) is 14.1. The number of esters is 1. The number of carbonyl (C=O) groups excluding carboxylic acids is 2. The van der Waals surface area contributed by atoms with Crippen molar-refractivity contribution in [2.24, 2.45) is 0 Å². The predicted octanol–water partition coefficient (Wildman–Crippen LogP) is 4.21. The molecule has 0 N–H and O–H groups in total. The van der Waals surface area contributed by atoms with Crippen LogP contribution in [-0.4, -0.2) is 36.2 Å². The highest BCUT2D eigenvalue weighted by molar-refractivity contribution is 8.03. The zero-order chi connectivity index (χ0) is 18.8. The second kappa shape index (κ2) is 7.41. The summed E-state index contributed by atoms with van der Waals surface area (Å²) in [5.74, 6) is 1.14. The molecule has 2 aromatic rings. The van der Waals surface area contributed by atoms with Crippen LogP contribution in [0, 0.1) is 0 Å². The van der Waals surface area contributed by atoms with Gasteiger partial charge in [0.05, 0.1) is 25.1 Å². The number of Topliss-reactive ketones (excluding diaryl/α,β-unsaturated/α-hetero) is 1. The van der Waals surface area contributed by atoms with E-state index in [-0.39, 0.29) is 12.3 Å². The van der Waals surface area contributed by atoms with Crippen LogP contribution < -0.4 is 9.47 Å². The molecule has 0 amide bonds. The summed E-state index contributed by atoms with van der Waals surface area (Å²) in [7, 11) is 1.55. The van der Waals surface area contributed by atoms with Gasteiger partial charge in [0.2, 0.25) is 0 Å². The van der Waals surface area contributed by atoms with Crippen molar-refractivity contribution in [1.82, 2.24) is 4.90 Å². The van der Waals surface area contributed by atoms with Crippen LogP contribution in [0.25, 0.3) is 10.8 Å². The van der Waals surface area contributed by atoms with E-state index in [4.69, 9.17) is 9.47 Å². The molecule has 26 heavy (non-hydrogen) atoms. The van der Waals surface area contributed by atoms with Crippen LogP contribution in [-0.2, 0) is 4.79 Å². The fourth-order valence-electron chi connectivity index (χ4n) is 3.00. The van der Waals surface area contributed by atoms with Crippen LogP contribution in [0.15, 0.2) is 40.9 Å². The largest absolute Gasteiger partial charge is 0.495 e. The van der Waals surface area contributed by atoms with Crippen molar-refractivity contribution in [2.75, 3.05) is 19.5 Å². The molecular weight excluding hydrogens is 350 g/mol. The summed E-state index contributed by atoms with van der Waals surface area (Å²) in [5.41, 5.74) is 1.54. The van der Waals surface area contributed by atoms with Crippen molar-refractivity contribution < 1.29 is 19.1 Å². The maximum Gasteiger partial charge on any atom is 0.308 e. The Labute approximate surface area is 157 Å². The minimum atomic E-state index is -0.427. The lowest BCUT2D eigenvalue weighted by Gasteiger charge is -2.20. The van der Waals surface area contributed by atoms with Gasteiger partial charge in [-0.3, -0.25) is 9.59 Å². The van der Waals surface area contributed by atoms with E-state index in [1.165, 1.54) is 11.8 Å². The fraction of sp³-hybridized carbons (Fsp3) is 0.300. The summed E-state index contributed by atoms with van der Waals surface area (Å²) >= 11 is 1.73. The Morgan fingerprint density at radius 1 is 1.19 bits per heavy atom. The Kier molecular flexibility index (Phi) is 5.23. The maximum atomic E-state index is 13.0. The third-order valence-corrected chi connectivity index (χ3v) is 5.64. The molecule has 0 unspecified atom stereocenters. The van der Waals surface area contributed by atoms with Crippen LogP contribution in [0.2, 0.25) is 0 Å². The minimum absolute atomic E-state index is 0.0735. The molecule has 6 heteroatoms. The number of ether oxygens (including phenoxy) is 2. The third-order valence-electron chi connectivity index (χ3n) is 4.47. The van der Waals surface area contributed by atoms with Gasteiger partial charge in [-0.2, -0.15) is 0 Å². The van der Waals surface area contributed by atoms with Crippen molar-refractivity contribution in [1.29, 1.82) is 0 Å². The van der Waals surface area contributed by atoms with Crippen molar-refractivity contribution in [2.45, 2.75) is 20.8 Å². The first-order valence-corrected chi connectivity index (χ1v) is 9.27. The van der Waals surface area contributed by atoms with E-state index in [9.17, 15) is 9.59 Å². The average Bonchev–Trinajstić information content (AvgIpc) is 2.93. The number of benzene rings is 2. The van der Waals surface area contributed by atoms with Gasteiger partial charge in [0.1, 0.15) is 11.5 Å². The molecular formula is C20H21NO4S. The molecule has 0 radical (unpaired) electrons. The van der Waals surface area contributed by atoms with Crippen LogP contribution >= 0.6 is 11.8 Å². The second-order valence-corrected chi connectivity index (χ2v) is 7.29. The smallest absolute Gasteiger partial charge is 0.308 e. The molecule has 136 valence electrons. The highest BCUT2D eigenvalue weighted by Gasteiger charge is 2.24. The molecule has 2 aromatic carbocycles. The molecule has 1 aliphatic heterocycles. The number of hydrogen-bond donors (Lipinski definition) is 0. The summed E-state index contributed by atoms with van der Waals surface area (Å²) in [5, 5.41) is 1.48. The summed E-state index contributed by atoms with van der Waals surface area (Å²) in [6, 6.07) is 9.04. The fourth-order valence-corrected chi connectivity index (χ4v) is 3.98. The summed E-state index contributed by atoms with van der Waals surface area (Å²) < 4.78 is 10.9. The predicted molar refractivity (Wildman–Crippen MR) is 104 cm³/mol. The van der Waals surface area contributed by atoms with E-state index in [0.717, 1.165) is 22.3 Å². The quantitative estimate of drug-likeness (QED) is 0.446. The van der Waals surface area contributed by atoms with Crippen LogP contribution in [0.5, 0.6) is 11.5 Å². The molecule has 0 spiro atoms. The van der Waals surface area contributed by atoms with Crippen LogP contribution in [0.3, 0.4) is 0 Å². The molecule has 0 fully saturated rings. The Hall–Kier alpha value is -2.47. The standard InChI is InChI=1S/C20H21NO4S/c1-12-13(2)26-11-21(12)10-18(23)17-9-19(25-14(3)22)15-7-5-6-8-16(15)20(17)24-4/h5-9H,10-11H2,1-4H3. The first-order chi connectivity index (χ1) is 12.4. The van der Waals surface area contributed by atoms with Gasteiger partial charge in [-0.05, 0) is 19.9 Å².